The van der Waals surface area contributed by atoms with Crippen LogP contribution in [0.4, 0.5) is 5.82 Å². The molecule has 0 radical (unpaired) electrons. The Bertz CT molecular complexity index is 635. The molecule has 1 saturated carbocycles. The van der Waals surface area contributed by atoms with Gasteiger partial charge in [-0.3, -0.25) is 4.79 Å². The number of nitrogens with two attached hydrogens (primary N) is 1. The number of pyridine rings is 2. The normalized spacial score (nSPS) is 16.2. The zero-order valence-corrected chi connectivity index (χ0v) is 11.3. The van der Waals surface area contributed by atoms with Gasteiger partial charge in [0, 0.05) is 17.6 Å². The number of anilines is 1. The van der Waals surface area contributed by atoms with Crippen LogP contribution in [0.1, 0.15) is 42.5 Å². The summed E-state index contributed by atoms with van der Waals surface area (Å²) in [4.78, 5) is 20.7. The van der Waals surface area contributed by atoms with Crippen molar-refractivity contribution in [3.8, 4) is 0 Å². The molecule has 3 N–H and O–H groups in total. The Morgan fingerprint density at radius 3 is 2.90 bits per heavy atom. The third-order valence-electron chi connectivity index (χ3n) is 3.80. The molecule has 1 amide bonds. The van der Waals surface area contributed by atoms with E-state index >= 15 is 0 Å². The van der Waals surface area contributed by atoms with E-state index in [1.54, 1.807) is 12.3 Å². The Hall–Kier alpha value is -2.17. The third kappa shape index (κ3) is 2.57. The molecule has 0 aromatic carbocycles. The number of carbonyl (C=O) groups is 1. The van der Waals surface area contributed by atoms with Crippen LogP contribution in [0.2, 0.25) is 0 Å². The second-order valence-electron chi connectivity index (χ2n) is 5.28. The molecular weight excluding hydrogens is 252 g/mol. The first-order chi connectivity index (χ1) is 9.74. The van der Waals surface area contributed by atoms with Crippen molar-refractivity contribution in [2.45, 2.75) is 38.1 Å². The van der Waals surface area contributed by atoms with E-state index in [1.165, 1.54) is 19.3 Å². The van der Waals surface area contributed by atoms with Gasteiger partial charge in [0.15, 0.2) is 5.65 Å². The lowest BCUT2D eigenvalue weighted by molar-refractivity contribution is 0.0928. The first kappa shape index (κ1) is 12.8. The number of hydrogen-bond donors (Lipinski definition) is 2. The van der Waals surface area contributed by atoms with Gasteiger partial charge in [-0.25, -0.2) is 9.97 Å². The summed E-state index contributed by atoms with van der Waals surface area (Å²) in [5.41, 5.74) is 6.89. The highest BCUT2D eigenvalue weighted by Crippen LogP contribution is 2.20. The lowest BCUT2D eigenvalue weighted by Gasteiger charge is -2.23. The van der Waals surface area contributed by atoms with Gasteiger partial charge in [-0.1, -0.05) is 19.3 Å². The number of hydrogen-bond acceptors (Lipinski definition) is 4. The smallest absolute Gasteiger partial charge is 0.255 e. The van der Waals surface area contributed by atoms with Crippen molar-refractivity contribution in [1.29, 1.82) is 0 Å². The molecule has 2 heterocycles. The van der Waals surface area contributed by atoms with Crippen LogP contribution in [0.25, 0.3) is 11.0 Å². The van der Waals surface area contributed by atoms with Crippen molar-refractivity contribution in [3.05, 3.63) is 30.0 Å². The summed E-state index contributed by atoms with van der Waals surface area (Å²) in [6.45, 7) is 0. The molecule has 3 rings (SSSR count). The van der Waals surface area contributed by atoms with Crippen molar-refractivity contribution in [1.82, 2.24) is 15.3 Å². The molecule has 1 aliphatic carbocycles. The van der Waals surface area contributed by atoms with Gasteiger partial charge in [0.25, 0.3) is 5.91 Å². The second-order valence-corrected chi connectivity index (χ2v) is 5.28. The summed E-state index contributed by atoms with van der Waals surface area (Å²) >= 11 is 0. The Kier molecular flexibility index (Phi) is 3.50. The summed E-state index contributed by atoms with van der Waals surface area (Å²) in [6, 6.07) is 5.73. The highest BCUT2D eigenvalue weighted by molar-refractivity contribution is 6.01. The van der Waals surface area contributed by atoms with Crippen LogP contribution < -0.4 is 11.1 Å². The zero-order valence-electron chi connectivity index (χ0n) is 11.3. The maximum atomic E-state index is 12.3. The standard InChI is InChI=1S/C15H18N4O/c16-13-12(9-10-5-4-8-17-14(10)19-13)15(20)18-11-6-2-1-3-7-11/h4-5,8-9,11H,1-3,6-7H2,(H,18,20)(H2,16,17,19). The fraction of sp³-hybridized carbons (Fsp3) is 0.400. The van der Waals surface area contributed by atoms with E-state index < -0.39 is 0 Å². The highest BCUT2D eigenvalue weighted by atomic mass is 16.1. The van der Waals surface area contributed by atoms with Crippen molar-refractivity contribution in [3.63, 3.8) is 0 Å². The maximum Gasteiger partial charge on any atom is 0.255 e. The number of amides is 1. The van der Waals surface area contributed by atoms with E-state index in [2.05, 4.69) is 15.3 Å². The number of fused-ring (bicyclic) bond motifs is 1. The maximum absolute atomic E-state index is 12.3. The topological polar surface area (TPSA) is 80.9 Å². The number of carbonyl (C=O) groups excluding carboxylic acids is 1. The van der Waals surface area contributed by atoms with Crippen molar-refractivity contribution in [2.24, 2.45) is 0 Å². The number of nitrogen functional groups attached to an aromatic ring is 1. The average molecular weight is 270 g/mol. The molecular formula is C15H18N4O. The van der Waals surface area contributed by atoms with Gasteiger partial charge in [-0.05, 0) is 31.0 Å². The molecule has 20 heavy (non-hydrogen) atoms. The minimum absolute atomic E-state index is 0.132. The monoisotopic (exact) mass is 270 g/mol. The molecule has 0 saturated heterocycles. The first-order valence-corrected chi connectivity index (χ1v) is 7.06. The number of rotatable bonds is 2. The molecule has 2 aromatic rings. The number of nitrogens with zero attached hydrogens (tertiary/aromatic N) is 2. The Morgan fingerprint density at radius 1 is 1.30 bits per heavy atom. The first-order valence-electron chi connectivity index (χ1n) is 7.06. The molecule has 0 aliphatic heterocycles. The van der Waals surface area contributed by atoms with E-state index in [1.807, 2.05) is 12.1 Å². The number of nitrogens with one attached hydrogen (secondary N) is 1. The van der Waals surface area contributed by atoms with Crippen LogP contribution in [0.5, 0.6) is 0 Å². The molecule has 0 unspecified atom stereocenters. The van der Waals surface area contributed by atoms with Crippen molar-refractivity contribution in [2.75, 3.05) is 5.73 Å². The van der Waals surface area contributed by atoms with Gasteiger partial charge in [-0.2, -0.15) is 0 Å². The van der Waals surface area contributed by atoms with E-state index in [4.69, 9.17) is 5.73 Å². The summed E-state index contributed by atoms with van der Waals surface area (Å²) in [6.07, 6.45) is 7.39. The molecule has 2 aromatic heterocycles. The van der Waals surface area contributed by atoms with Crippen molar-refractivity contribution < 1.29 is 4.79 Å². The van der Waals surface area contributed by atoms with Crippen LogP contribution in [0.15, 0.2) is 24.4 Å². The fourth-order valence-corrected chi connectivity index (χ4v) is 2.71. The molecule has 1 fully saturated rings. The van der Waals surface area contributed by atoms with Crippen LogP contribution in [0, 0.1) is 0 Å². The summed E-state index contributed by atoms with van der Waals surface area (Å²) in [5.74, 6) is 0.108. The fourth-order valence-electron chi connectivity index (χ4n) is 2.71. The van der Waals surface area contributed by atoms with E-state index in [0.717, 1.165) is 18.2 Å². The van der Waals surface area contributed by atoms with Crippen LogP contribution >= 0.6 is 0 Å². The van der Waals surface area contributed by atoms with Gasteiger partial charge in [0.2, 0.25) is 0 Å². The molecule has 0 bridgehead atoms. The van der Waals surface area contributed by atoms with E-state index in [9.17, 15) is 4.79 Å². The molecule has 5 heteroatoms. The van der Waals surface area contributed by atoms with E-state index in [-0.39, 0.29) is 17.8 Å². The quantitative estimate of drug-likeness (QED) is 0.877. The van der Waals surface area contributed by atoms with Crippen LogP contribution in [-0.4, -0.2) is 21.9 Å². The van der Waals surface area contributed by atoms with Gasteiger partial charge in [0.05, 0.1) is 5.56 Å². The van der Waals surface area contributed by atoms with Crippen LogP contribution in [-0.2, 0) is 0 Å². The summed E-state index contributed by atoms with van der Waals surface area (Å²) in [5, 5.41) is 3.89. The second kappa shape index (κ2) is 5.45. The van der Waals surface area contributed by atoms with Crippen molar-refractivity contribution >= 4 is 22.8 Å². The van der Waals surface area contributed by atoms with E-state index in [0.29, 0.717) is 11.2 Å². The average Bonchev–Trinajstić information content (AvgIpc) is 2.47. The van der Waals surface area contributed by atoms with Gasteiger partial charge < -0.3 is 11.1 Å². The highest BCUT2D eigenvalue weighted by Gasteiger charge is 2.19. The molecule has 5 nitrogen and oxygen atoms in total. The minimum atomic E-state index is -0.132. The predicted octanol–water partition coefficient (Wildman–Crippen LogP) is 2.27. The molecule has 0 atom stereocenters. The summed E-state index contributed by atoms with van der Waals surface area (Å²) < 4.78 is 0. The predicted molar refractivity (Wildman–Crippen MR) is 78.3 cm³/mol. The lowest BCUT2D eigenvalue weighted by atomic mass is 9.95. The van der Waals surface area contributed by atoms with Gasteiger partial charge >= 0.3 is 0 Å². The summed E-state index contributed by atoms with van der Waals surface area (Å²) in [7, 11) is 0. The number of aromatic nitrogens is 2. The zero-order chi connectivity index (χ0) is 13.9. The Labute approximate surface area is 117 Å². The van der Waals surface area contributed by atoms with Gasteiger partial charge in [-0.15, -0.1) is 0 Å². The Morgan fingerprint density at radius 2 is 2.10 bits per heavy atom. The molecule has 104 valence electrons. The van der Waals surface area contributed by atoms with Gasteiger partial charge in [0.1, 0.15) is 5.82 Å². The minimum Gasteiger partial charge on any atom is -0.383 e. The molecule has 0 spiro atoms. The Balaban J connectivity index is 1.84. The largest absolute Gasteiger partial charge is 0.383 e. The van der Waals surface area contributed by atoms with Crippen LogP contribution in [0.3, 0.4) is 0 Å². The SMILES string of the molecule is Nc1nc2ncccc2cc1C(=O)NC1CCCCC1. The molecule has 1 aliphatic rings. The lowest BCUT2D eigenvalue weighted by Crippen LogP contribution is -2.36. The third-order valence-corrected chi connectivity index (χ3v) is 3.80.